The van der Waals surface area contributed by atoms with Crippen molar-refractivity contribution in [2.45, 2.75) is 46.0 Å². The van der Waals surface area contributed by atoms with Crippen LogP contribution in [0.3, 0.4) is 0 Å². The lowest BCUT2D eigenvalue weighted by molar-refractivity contribution is -0.143. The van der Waals surface area contributed by atoms with Crippen LogP contribution in [0, 0.1) is 13.8 Å². The molecule has 1 heterocycles. The number of aliphatic carboxylic acids is 1. The number of carboxylic acids is 1. The van der Waals surface area contributed by atoms with Crippen LogP contribution in [0.15, 0.2) is 24.3 Å². The first-order valence-corrected chi connectivity index (χ1v) is 8.89. The van der Waals surface area contributed by atoms with Crippen molar-refractivity contribution in [2.24, 2.45) is 0 Å². The van der Waals surface area contributed by atoms with Gasteiger partial charge in [0.2, 0.25) is 11.8 Å². The fourth-order valence-electron chi connectivity index (χ4n) is 2.90. The van der Waals surface area contributed by atoms with Crippen LogP contribution in [0.1, 0.15) is 35.9 Å². The molecule has 2 aromatic rings. The second-order valence-electron chi connectivity index (χ2n) is 6.75. The molecule has 0 spiro atoms. The van der Waals surface area contributed by atoms with Crippen LogP contribution in [0.4, 0.5) is 13.2 Å². The van der Waals surface area contributed by atoms with Gasteiger partial charge in [0.1, 0.15) is 6.04 Å². The summed E-state index contributed by atoms with van der Waals surface area (Å²) in [5.74, 6) is -2.88. The molecule has 0 aliphatic rings. The van der Waals surface area contributed by atoms with Gasteiger partial charge in [0.15, 0.2) is 0 Å². The van der Waals surface area contributed by atoms with Crippen molar-refractivity contribution < 1.29 is 32.7 Å². The third-order valence-corrected chi connectivity index (χ3v) is 4.19. The average Bonchev–Trinajstić information content (AvgIpc) is 2.96. The first-order valence-electron chi connectivity index (χ1n) is 8.89. The molecule has 1 aromatic heterocycles. The predicted molar refractivity (Wildman–Crippen MR) is 99.7 cm³/mol. The van der Waals surface area contributed by atoms with Gasteiger partial charge >= 0.3 is 12.1 Å². The monoisotopic (exact) mass is 426 g/mol. The molecule has 0 aliphatic heterocycles. The summed E-state index contributed by atoms with van der Waals surface area (Å²) < 4.78 is 42.1. The number of aryl methyl sites for hydroxylation is 2. The second-order valence-corrected chi connectivity index (χ2v) is 6.75. The van der Waals surface area contributed by atoms with Gasteiger partial charge in [0.05, 0.1) is 23.4 Å². The van der Waals surface area contributed by atoms with Crippen molar-refractivity contribution >= 4 is 17.8 Å². The van der Waals surface area contributed by atoms with E-state index in [0.29, 0.717) is 11.4 Å². The molecule has 0 fully saturated rings. The second kappa shape index (κ2) is 8.97. The Labute approximate surface area is 170 Å². The Morgan fingerprint density at radius 2 is 1.87 bits per heavy atom. The molecule has 3 N–H and O–H groups in total. The van der Waals surface area contributed by atoms with Gasteiger partial charge in [-0.25, -0.2) is 9.48 Å². The van der Waals surface area contributed by atoms with Crippen molar-refractivity contribution in [3.63, 3.8) is 0 Å². The van der Waals surface area contributed by atoms with Gasteiger partial charge in [-0.15, -0.1) is 0 Å². The third kappa shape index (κ3) is 5.82. The maximum Gasteiger partial charge on any atom is 0.416 e. The predicted octanol–water partition coefficient (Wildman–Crippen LogP) is 2.10. The van der Waals surface area contributed by atoms with E-state index in [4.69, 9.17) is 5.11 Å². The number of benzene rings is 1. The molecule has 0 bridgehead atoms. The maximum atomic E-state index is 13.6. The molecular formula is C19H21F3N4O4. The number of nitrogens with zero attached hydrogens (tertiary/aromatic N) is 2. The van der Waals surface area contributed by atoms with Crippen LogP contribution in [0.25, 0.3) is 5.69 Å². The van der Waals surface area contributed by atoms with Gasteiger partial charge in [-0.3, -0.25) is 9.59 Å². The van der Waals surface area contributed by atoms with Crippen LogP contribution in [0.5, 0.6) is 0 Å². The van der Waals surface area contributed by atoms with Gasteiger partial charge in [-0.2, -0.15) is 18.3 Å². The van der Waals surface area contributed by atoms with Crippen LogP contribution in [-0.2, 0) is 27.1 Å². The third-order valence-electron chi connectivity index (χ3n) is 4.19. The lowest BCUT2D eigenvalue weighted by atomic mass is 10.1. The summed E-state index contributed by atoms with van der Waals surface area (Å²) in [6.45, 7) is 4.07. The fourth-order valence-corrected chi connectivity index (χ4v) is 2.90. The highest BCUT2D eigenvalue weighted by atomic mass is 19.4. The van der Waals surface area contributed by atoms with Crippen molar-refractivity contribution in [3.05, 3.63) is 46.8 Å². The molecule has 30 heavy (non-hydrogen) atoms. The van der Waals surface area contributed by atoms with E-state index in [0.717, 1.165) is 13.0 Å². The number of aromatic nitrogens is 2. The van der Waals surface area contributed by atoms with Crippen LogP contribution < -0.4 is 10.6 Å². The molecule has 0 saturated heterocycles. The molecule has 1 atom stereocenters. The number of carbonyl (C=O) groups is 3. The summed E-state index contributed by atoms with van der Waals surface area (Å²) in [6, 6.07) is 3.89. The molecule has 11 heteroatoms. The first-order chi connectivity index (χ1) is 13.9. The fraction of sp³-hybridized carbons (Fsp3) is 0.368. The Kier molecular flexibility index (Phi) is 6.85. The lowest BCUT2D eigenvalue weighted by Gasteiger charge is -2.17. The highest BCUT2D eigenvalue weighted by Crippen LogP contribution is 2.33. The van der Waals surface area contributed by atoms with E-state index in [1.54, 1.807) is 19.9 Å². The number of carbonyl (C=O) groups excluding carboxylic acids is 2. The van der Waals surface area contributed by atoms with Crippen LogP contribution >= 0.6 is 0 Å². The zero-order valence-electron chi connectivity index (χ0n) is 16.5. The highest BCUT2D eigenvalue weighted by molar-refractivity contribution is 5.88. The van der Waals surface area contributed by atoms with Crippen LogP contribution in [0.2, 0.25) is 0 Å². The number of halogens is 3. The molecule has 2 rings (SSSR count). The minimum Gasteiger partial charge on any atom is -0.480 e. The van der Waals surface area contributed by atoms with E-state index in [9.17, 15) is 27.6 Å². The van der Waals surface area contributed by atoms with E-state index in [1.165, 1.54) is 16.8 Å². The summed E-state index contributed by atoms with van der Waals surface area (Å²) in [5.41, 5.74) is 0.417. The molecule has 0 radical (unpaired) electrons. The quantitative estimate of drug-likeness (QED) is 0.628. The summed E-state index contributed by atoms with van der Waals surface area (Å²) in [4.78, 5) is 34.1. The van der Waals surface area contributed by atoms with E-state index < -0.39 is 48.5 Å². The van der Waals surface area contributed by atoms with Crippen molar-refractivity contribution in [1.82, 2.24) is 20.4 Å². The normalized spacial score (nSPS) is 12.3. The SMILES string of the molecule is CC(=O)N[C@@H](CC(=O)NCc1ccc(-n2nc(C)cc2C)cc1C(F)(F)F)C(=O)O. The number of nitrogens with one attached hydrogen (secondary N) is 2. The molecule has 2 amide bonds. The number of amides is 2. The Bertz CT molecular complexity index is 969. The van der Waals surface area contributed by atoms with Gasteiger partial charge < -0.3 is 15.7 Å². The Morgan fingerprint density at radius 1 is 1.20 bits per heavy atom. The number of alkyl halides is 3. The first kappa shape index (κ1) is 22.9. The molecule has 1 aromatic carbocycles. The minimum absolute atomic E-state index is 0.187. The number of carboxylic acid groups (broad SMARTS) is 1. The molecule has 0 saturated carbocycles. The van der Waals surface area contributed by atoms with Gasteiger partial charge in [0, 0.05) is 19.2 Å². The number of rotatable bonds is 7. The van der Waals surface area contributed by atoms with E-state index in [2.05, 4.69) is 15.7 Å². The zero-order chi connectivity index (χ0) is 22.6. The van der Waals surface area contributed by atoms with Gasteiger partial charge in [-0.1, -0.05) is 6.07 Å². The largest absolute Gasteiger partial charge is 0.480 e. The molecule has 0 aliphatic carbocycles. The number of hydrogen-bond acceptors (Lipinski definition) is 4. The van der Waals surface area contributed by atoms with Crippen molar-refractivity contribution in [3.8, 4) is 5.69 Å². The van der Waals surface area contributed by atoms with E-state index in [1.807, 2.05) is 0 Å². The topological polar surface area (TPSA) is 113 Å². The Balaban J connectivity index is 2.21. The summed E-state index contributed by atoms with van der Waals surface area (Å²) in [6.07, 6.45) is -5.29. The molecule has 8 nitrogen and oxygen atoms in total. The summed E-state index contributed by atoms with van der Waals surface area (Å²) in [5, 5.41) is 17.5. The minimum atomic E-state index is -4.67. The van der Waals surface area contributed by atoms with Gasteiger partial charge in [0.25, 0.3) is 0 Å². The zero-order valence-corrected chi connectivity index (χ0v) is 16.5. The molecular weight excluding hydrogens is 405 g/mol. The van der Waals surface area contributed by atoms with Crippen LogP contribution in [-0.4, -0.2) is 38.7 Å². The standard InChI is InChI=1S/C19H21F3N4O4/c1-10-6-11(2)26(25-10)14-5-4-13(15(7-14)19(20,21)22)9-23-17(28)8-16(18(29)30)24-12(3)27/h4-7,16H,8-9H2,1-3H3,(H,23,28)(H,24,27)(H,29,30)/t16-/m0/s1. The Hall–Kier alpha value is -3.37. The average molecular weight is 426 g/mol. The Morgan fingerprint density at radius 3 is 2.37 bits per heavy atom. The molecule has 0 unspecified atom stereocenters. The maximum absolute atomic E-state index is 13.6. The van der Waals surface area contributed by atoms with Gasteiger partial charge in [-0.05, 0) is 37.6 Å². The van der Waals surface area contributed by atoms with E-state index in [-0.39, 0.29) is 11.3 Å². The summed E-state index contributed by atoms with van der Waals surface area (Å²) >= 11 is 0. The smallest absolute Gasteiger partial charge is 0.416 e. The highest BCUT2D eigenvalue weighted by Gasteiger charge is 2.34. The molecule has 162 valence electrons. The van der Waals surface area contributed by atoms with E-state index >= 15 is 0 Å². The van der Waals surface area contributed by atoms with Crippen molar-refractivity contribution in [1.29, 1.82) is 0 Å². The van der Waals surface area contributed by atoms with Crippen molar-refractivity contribution in [2.75, 3.05) is 0 Å². The lowest BCUT2D eigenvalue weighted by Crippen LogP contribution is -2.43. The summed E-state index contributed by atoms with van der Waals surface area (Å²) in [7, 11) is 0. The number of hydrogen-bond donors (Lipinski definition) is 3.